The second-order valence-electron chi connectivity index (χ2n) is 2.12. The fourth-order valence-electron chi connectivity index (χ4n) is 0.812. The Morgan fingerprint density at radius 3 is 2.75 bits per heavy atom. The molecule has 3 nitrogen and oxygen atoms in total. The van der Waals surface area contributed by atoms with Gasteiger partial charge in [0.1, 0.15) is 12.2 Å². The molecule has 0 spiro atoms. The van der Waals surface area contributed by atoms with Crippen molar-refractivity contribution >= 4 is 33.8 Å². The Hall–Kier alpha value is -0.230. The lowest BCUT2D eigenvalue weighted by Gasteiger charge is -2.15. The van der Waals surface area contributed by atoms with Crippen LogP contribution in [0.15, 0.2) is 28.7 Å². The van der Waals surface area contributed by atoms with Crippen molar-refractivity contribution in [2.45, 2.75) is 0 Å². The van der Waals surface area contributed by atoms with Crippen molar-refractivity contribution < 1.29 is 4.28 Å². The number of rotatable bonds is 3. The van der Waals surface area contributed by atoms with E-state index in [0.29, 0.717) is 0 Å². The van der Waals surface area contributed by atoms with Crippen molar-refractivity contribution in [3.63, 3.8) is 0 Å². The number of benzene rings is 1. The highest BCUT2D eigenvalue weighted by Gasteiger charge is 2.04. The number of hydrogen-bond donors (Lipinski definition) is 1. The van der Waals surface area contributed by atoms with Crippen LogP contribution in [0.1, 0.15) is 0 Å². The van der Waals surface area contributed by atoms with Crippen LogP contribution in [0.5, 0.6) is 0 Å². The summed E-state index contributed by atoms with van der Waals surface area (Å²) in [5.41, 5.74) is 1.02. The van der Waals surface area contributed by atoms with E-state index in [-0.39, 0.29) is 0 Å². The summed E-state index contributed by atoms with van der Waals surface area (Å²) in [5.74, 6) is 4.92. The van der Waals surface area contributed by atoms with Gasteiger partial charge in [-0.15, -0.1) is 0 Å². The van der Waals surface area contributed by atoms with Crippen molar-refractivity contribution in [3.8, 4) is 0 Å². The fourth-order valence-corrected chi connectivity index (χ4v) is 1.85. The van der Waals surface area contributed by atoms with Crippen LogP contribution in [0.3, 0.4) is 0 Å². The minimum atomic E-state index is 1.01. The number of anilines is 1. The van der Waals surface area contributed by atoms with Gasteiger partial charge in [0.05, 0.1) is 5.69 Å². The molecule has 5 heteroatoms. The van der Waals surface area contributed by atoms with Gasteiger partial charge in [-0.2, -0.15) is 0 Å². The Balaban J connectivity index is 2.79. The molecule has 0 fully saturated rings. The Labute approximate surface area is 84.3 Å². The molecule has 0 aliphatic carbocycles. The molecule has 0 atom stereocenters. The van der Waals surface area contributed by atoms with E-state index in [4.69, 9.17) is 5.90 Å². The van der Waals surface area contributed by atoms with Crippen molar-refractivity contribution in [2.75, 3.05) is 11.4 Å². The third-order valence-electron chi connectivity index (χ3n) is 1.35. The summed E-state index contributed by atoms with van der Waals surface area (Å²) >= 11 is 4.50. The second-order valence-corrected chi connectivity index (χ2v) is 3.86. The van der Waals surface area contributed by atoms with Crippen LogP contribution in [0.4, 0.5) is 5.69 Å². The first-order chi connectivity index (χ1) is 5.75. The highest BCUT2D eigenvalue weighted by molar-refractivity contribution is 9.10. The van der Waals surface area contributed by atoms with Gasteiger partial charge < -0.3 is 0 Å². The number of hydrogen-bond acceptors (Lipinski definition) is 4. The van der Waals surface area contributed by atoms with Crippen LogP contribution in [0.25, 0.3) is 0 Å². The van der Waals surface area contributed by atoms with Crippen molar-refractivity contribution in [1.29, 1.82) is 0 Å². The van der Waals surface area contributed by atoms with E-state index in [1.807, 2.05) is 35.6 Å². The summed E-state index contributed by atoms with van der Waals surface area (Å²) < 4.78 is 7.27. The molecule has 0 aliphatic rings. The molecule has 0 radical (unpaired) electrons. The molecule has 0 saturated heterocycles. The van der Waals surface area contributed by atoms with Crippen molar-refractivity contribution in [1.82, 2.24) is 0 Å². The zero-order chi connectivity index (χ0) is 8.97. The molecule has 0 unspecified atom stereocenters. The highest BCUT2D eigenvalue weighted by atomic mass is 79.9. The first-order valence-corrected chi connectivity index (χ1v) is 4.76. The van der Waals surface area contributed by atoms with Gasteiger partial charge in [0.25, 0.3) is 0 Å². The van der Waals surface area contributed by atoms with Gasteiger partial charge >= 0.3 is 0 Å². The maximum Gasteiger partial charge on any atom is 0.135 e. The molecule has 0 bridgehead atoms. The molecule has 0 amide bonds. The molecule has 1 aromatic carbocycles. The zero-order valence-electron chi connectivity index (χ0n) is 6.53. The van der Waals surface area contributed by atoms with Crippen molar-refractivity contribution in [2.24, 2.45) is 5.90 Å². The molecule has 1 aromatic rings. The van der Waals surface area contributed by atoms with Crippen LogP contribution in [0, 0.1) is 0 Å². The third-order valence-corrected chi connectivity index (χ3v) is 2.52. The van der Waals surface area contributed by atoms with Crippen LogP contribution in [0.2, 0.25) is 0 Å². The Bertz CT molecular complexity index is 259. The largest absolute Gasteiger partial charge is 0.294 e. The van der Waals surface area contributed by atoms with E-state index in [2.05, 4.69) is 20.2 Å². The van der Waals surface area contributed by atoms with Crippen LogP contribution >= 0.6 is 28.2 Å². The minimum absolute atomic E-state index is 1.01. The van der Waals surface area contributed by atoms with E-state index < -0.39 is 0 Å². The predicted molar refractivity (Wildman–Crippen MR) is 55.4 cm³/mol. The lowest BCUT2D eigenvalue weighted by molar-refractivity contribution is 0.397. The summed E-state index contributed by atoms with van der Waals surface area (Å²) in [6.45, 7) is 0. The number of para-hydroxylation sites is 1. The summed E-state index contributed by atoms with van der Waals surface area (Å²) in [6, 6.07) is 7.84. The molecule has 0 aliphatic heterocycles. The lowest BCUT2D eigenvalue weighted by Crippen LogP contribution is -2.09. The van der Waals surface area contributed by atoms with Crippen LogP contribution in [-0.2, 0) is 4.28 Å². The Morgan fingerprint density at radius 1 is 1.50 bits per heavy atom. The normalized spacial score (nSPS) is 9.92. The average molecular weight is 249 g/mol. The van der Waals surface area contributed by atoms with Gasteiger partial charge in [0, 0.05) is 11.5 Å². The smallest absolute Gasteiger partial charge is 0.135 e. The summed E-state index contributed by atoms with van der Waals surface area (Å²) in [6.07, 6.45) is 0. The Morgan fingerprint density at radius 2 is 2.17 bits per heavy atom. The van der Waals surface area contributed by atoms with Gasteiger partial charge in [0.15, 0.2) is 0 Å². The lowest BCUT2D eigenvalue weighted by atomic mass is 10.3. The van der Waals surface area contributed by atoms with Gasteiger partial charge in [-0.1, -0.05) is 12.1 Å². The van der Waals surface area contributed by atoms with E-state index in [9.17, 15) is 0 Å². The quantitative estimate of drug-likeness (QED) is 0.507. The maximum absolute atomic E-state index is 4.92. The zero-order valence-corrected chi connectivity index (χ0v) is 8.93. The van der Waals surface area contributed by atoms with Gasteiger partial charge in [-0.05, 0) is 28.1 Å². The molecule has 12 heavy (non-hydrogen) atoms. The van der Waals surface area contributed by atoms with E-state index in [0.717, 1.165) is 22.4 Å². The first-order valence-electron chi connectivity index (χ1n) is 3.27. The topological polar surface area (TPSA) is 38.5 Å². The van der Waals surface area contributed by atoms with E-state index in [1.165, 1.54) is 0 Å². The molecular weight excluding hydrogens is 240 g/mol. The van der Waals surface area contributed by atoms with Crippen molar-refractivity contribution in [3.05, 3.63) is 28.7 Å². The Kier molecular flexibility index (Phi) is 3.87. The van der Waals surface area contributed by atoms with Gasteiger partial charge in [-0.3, -0.25) is 4.31 Å². The number of nitrogens with zero attached hydrogens (tertiary/aromatic N) is 1. The van der Waals surface area contributed by atoms with E-state index in [1.54, 1.807) is 0 Å². The summed E-state index contributed by atoms with van der Waals surface area (Å²) in [5, 5.41) is 0. The average Bonchev–Trinajstić information content (AvgIpc) is 2.05. The van der Waals surface area contributed by atoms with Crippen LogP contribution in [-0.4, -0.2) is 7.05 Å². The fraction of sp³-hybridized carbons (Fsp3) is 0.143. The molecule has 2 N–H and O–H groups in total. The standard InChI is InChI=1S/C7H9BrN2OS/c1-10(12-11-9)7-5-3-2-4-6(7)8/h2-5H,9H2,1H3. The molecule has 0 heterocycles. The minimum Gasteiger partial charge on any atom is -0.294 e. The van der Waals surface area contributed by atoms with E-state index >= 15 is 0 Å². The molecule has 1 rings (SSSR count). The molecule has 66 valence electrons. The predicted octanol–water partition coefficient (Wildman–Crippen LogP) is 2.34. The molecular formula is C7H9BrN2OS. The maximum atomic E-state index is 4.92. The second kappa shape index (κ2) is 4.71. The summed E-state index contributed by atoms with van der Waals surface area (Å²) in [4.78, 5) is 0. The molecule has 0 aromatic heterocycles. The first kappa shape index (κ1) is 9.85. The monoisotopic (exact) mass is 248 g/mol. The van der Waals surface area contributed by atoms with Gasteiger partial charge in [-0.25, -0.2) is 10.2 Å². The summed E-state index contributed by atoms with van der Waals surface area (Å²) in [7, 11) is 1.87. The third kappa shape index (κ3) is 2.38. The SMILES string of the molecule is CN(SON)c1ccccc1Br. The van der Waals surface area contributed by atoms with Gasteiger partial charge in [0.2, 0.25) is 0 Å². The number of nitrogens with two attached hydrogens (primary N) is 1. The molecule has 0 saturated carbocycles. The highest BCUT2D eigenvalue weighted by Crippen LogP contribution is 2.28. The number of halogens is 1. The van der Waals surface area contributed by atoms with Crippen LogP contribution < -0.4 is 10.2 Å².